The first-order valence-corrected chi connectivity index (χ1v) is 5.80. The maximum atomic E-state index is 10.9. The highest BCUT2D eigenvalue weighted by Crippen LogP contribution is 2.25. The molecule has 2 rings (SSSR count). The van der Waals surface area contributed by atoms with Gasteiger partial charge in [-0.1, -0.05) is 0 Å². The van der Waals surface area contributed by atoms with Gasteiger partial charge in [0.25, 0.3) is 0 Å². The van der Waals surface area contributed by atoms with E-state index in [-0.39, 0.29) is 17.4 Å². The second kappa shape index (κ2) is 5.79. The SMILES string of the molecule is CC(=O)Nc1ccc(Nc2ncccc2[N+](=O)[O-])cc1. The molecule has 0 fully saturated rings. The third-order valence-electron chi connectivity index (χ3n) is 2.45. The van der Waals surface area contributed by atoms with Crippen molar-refractivity contribution in [1.82, 2.24) is 4.98 Å². The molecule has 0 atom stereocenters. The standard InChI is InChI=1S/C13H12N4O3/c1-9(18)15-10-4-6-11(7-5-10)16-13-12(17(19)20)3-2-8-14-13/h2-8H,1H3,(H,14,16)(H,15,18). The Morgan fingerprint density at radius 2 is 1.85 bits per heavy atom. The molecule has 2 N–H and O–H groups in total. The van der Waals surface area contributed by atoms with Gasteiger partial charge in [-0.3, -0.25) is 14.9 Å². The number of rotatable bonds is 4. The Morgan fingerprint density at radius 1 is 1.20 bits per heavy atom. The summed E-state index contributed by atoms with van der Waals surface area (Å²) in [6.07, 6.45) is 1.47. The quantitative estimate of drug-likeness (QED) is 0.658. The molecule has 102 valence electrons. The molecule has 0 saturated heterocycles. The van der Waals surface area contributed by atoms with Gasteiger partial charge in [0.15, 0.2) is 0 Å². The van der Waals surface area contributed by atoms with Crippen LogP contribution in [-0.4, -0.2) is 15.8 Å². The highest BCUT2D eigenvalue weighted by molar-refractivity contribution is 5.88. The molecule has 0 spiro atoms. The number of hydrogen-bond donors (Lipinski definition) is 2. The lowest BCUT2D eigenvalue weighted by Crippen LogP contribution is -2.05. The first kappa shape index (κ1) is 13.5. The molecular formula is C13H12N4O3. The van der Waals surface area contributed by atoms with Crippen LogP contribution in [-0.2, 0) is 4.79 Å². The summed E-state index contributed by atoms with van der Waals surface area (Å²) in [4.78, 5) is 25.2. The summed E-state index contributed by atoms with van der Waals surface area (Å²) in [7, 11) is 0. The van der Waals surface area contributed by atoms with Gasteiger partial charge in [-0.2, -0.15) is 0 Å². The average molecular weight is 272 g/mol. The Bertz CT molecular complexity index is 640. The van der Waals surface area contributed by atoms with Crippen LogP contribution in [0, 0.1) is 10.1 Å². The molecule has 0 aliphatic carbocycles. The molecule has 0 aliphatic heterocycles. The molecule has 7 nitrogen and oxygen atoms in total. The van der Waals surface area contributed by atoms with E-state index in [1.54, 1.807) is 24.3 Å². The van der Waals surface area contributed by atoms with Gasteiger partial charge in [0.2, 0.25) is 11.7 Å². The fourth-order valence-electron chi connectivity index (χ4n) is 1.62. The van der Waals surface area contributed by atoms with E-state index in [2.05, 4.69) is 15.6 Å². The predicted molar refractivity (Wildman–Crippen MR) is 74.9 cm³/mol. The van der Waals surface area contributed by atoms with Crippen molar-refractivity contribution in [2.45, 2.75) is 6.92 Å². The normalized spacial score (nSPS) is 9.85. The smallest absolute Gasteiger partial charge is 0.311 e. The summed E-state index contributed by atoms with van der Waals surface area (Å²) in [6, 6.07) is 9.66. The van der Waals surface area contributed by atoms with Gasteiger partial charge in [-0.15, -0.1) is 0 Å². The monoisotopic (exact) mass is 272 g/mol. The minimum atomic E-state index is -0.499. The van der Waals surface area contributed by atoms with Gasteiger partial charge in [-0.25, -0.2) is 4.98 Å². The molecule has 0 saturated carbocycles. The van der Waals surface area contributed by atoms with Crippen LogP contribution in [0.1, 0.15) is 6.92 Å². The molecule has 0 radical (unpaired) electrons. The Labute approximate surface area is 114 Å². The predicted octanol–water partition coefficient (Wildman–Crippen LogP) is 2.69. The number of nitrogens with one attached hydrogen (secondary N) is 2. The maximum absolute atomic E-state index is 10.9. The molecule has 1 aromatic carbocycles. The summed E-state index contributed by atoms with van der Waals surface area (Å²) in [5, 5.41) is 16.4. The summed E-state index contributed by atoms with van der Waals surface area (Å²) in [5.41, 5.74) is 1.19. The van der Waals surface area contributed by atoms with Gasteiger partial charge in [0.05, 0.1) is 4.92 Å². The largest absolute Gasteiger partial charge is 0.334 e. The van der Waals surface area contributed by atoms with Crippen LogP contribution in [0.25, 0.3) is 0 Å². The number of pyridine rings is 1. The van der Waals surface area contributed by atoms with E-state index < -0.39 is 4.92 Å². The first-order valence-electron chi connectivity index (χ1n) is 5.80. The van der Waals surface area contributed by atoms with Crippen LogP contribution in [0.3, 0.4) is 0 Å². The van der Waals surface area contributed by atoms with Crippen molar-refractivity contribution in [3.8, 4) is 0 Å². The van der Waals surface area contributed by atoms with Gasteiger partial charge in [0.1, 0.15) is 0 Å². The van der Waals surface area contributed by atoms with E-state index in [0.717, 1.165) is 0 Å². The van der Waals surface area contributed by atoms with Crippen LogP contribution in [0.2, 0.25) is 0 Å². The lowest BCUT2D eigenvalue weighted by molar-refractivity contribution is -0.384. The van der Waals surface area contributed by atoms with Crippen LogP contribution in [0.4, 0.5) is 22.9 Å². The topological polar surface area (TPSA) is 97.2 Å². The lowest BCUT2D eigenvalue weighted by Gasteiger charge is -2.07. The number of carbonyl (C=O) groups excluding carboxylic acids is 1. The number of anilines is 3. The van der Waals surface area contributed by atoms with Crippen LogP contribution < -0.4 is 10.6 Å². The van der Waals surface area contributed by atoms with E-state index in [9.17, 15) is 14.9 Å². The first-order chi connectivity index (χ1) is 9.56. The van der Waals surface area contributed by atoms with Crippen molar-refractivity contribution >= 4 is 28.8 Å². The van der Waals surface area contributed by atoms with Crippen LogP contribution >= 0.6 is 0 Å². The zero-order chi connectivity index (χ0) is 14.5. The minimum absolute atomic E-state index is 0.0987. The summed E-state index contributed by atoms with van der Waals surface area (Å²) >= 11 is 0. The maximum Gasteiger partial charge on any atom is 0.311 e. The molecule has 2 aromatic rings. The van der Waals surface area contributed by atoms with Crippen LogP contribution in [0.15, 0.2) is 42.6 Å². The summed E-state index contributed by atoms with van der Waals surface area (Å²) in [5.74, 6) is 0.0100. The van der Waals surface area contributed by atoms with Crippen molar-refractivity contribution in [3.05, 3.63) is 52.7 Å². The van der Waals surface area contributed by atoms with Crippen LogP contribution in [0.5, 0.6) is 0 Å². The second-order valence-electron chi connectivity index (χ2n) is 4.01. The van der Waals surface area contributed by atoms with E-state index in [1.165, 1.54) is 25.3 Å². The summed E-state index contributed by atoms with van der Waals surface area (Å²) < 4.78 is 0. The van der Waals surface area contributed by atoms with E-state index >= 15 is 0 Å². The van der Waals surface area contributed by atoms with E-state index in [4.69, 9.17) is 0 Å². The molecule has 1 amide bonds. The number of carbonyl (C=O) groups is 1. The molecule has 20 heavy (non-hydrogen) atoms. The van der Waals surface area contributed by atoms with E-state index in [0.29, 0.717) is 11.4 Å². The fourth-order valence-corrected chi connectivity index (χ4v) is 1.62. The van der Waals surface area contributed by atoms with Gasteiger partial charge in [-0.05, 0) is 30.3 Å². The van der Waals surface area contributed by atoms with Crippen molar-refractivity contribution in [2.24, 2.45) is 0 Å². The second-order valence-corrected chi connectivity index (χ2v) is 4.01. The number of hydrogen-bond acceptors (Lipinski definition) is 5. The average Bonchev–Trinajstić information content (AvgIpc) is 2.41. The van der Waals surface area contributed by atoms with Crippen molar-refractivity contribution in [1.29, 1.82) is 0 Å². The molecule has 7 heteroatoms. The molecule has 1 heterocycles. The van der Waals surface area contributed by atoms with Gasteiger partial charge < -0.3 is 10.6 Å². The number of nitrogens with zero attached hydrogens (tertiary/aromatic N) is 2. The van der Waals surface area contributed by atoms with Crippen molar-refractivity contribution in [3.63, 3.8) is 0 Å². The third-order valence-corrected chi connectivity index (χ3v) is 2.45. The molecular weight excluding hydrogens is 260 g/mol. The third kappa shape index (κ3) is 3.29. The number of nitro groups is 1. The Morgan fingerprint density at radius 3 is 2.45 bits per heavy atom. The van der Waals surface area contributed by atoms with Gasteiger partial charge >= 0.3 is 5.69 Å². The molecule has 0 bridgehead atoms. The fraction of sp³-hybridized carbons (Fsp3) is 0.0769. The molecule has 0 unspecified atom stereocenters. The Kier molecular flexibility index (Phi) is 3.90. The Hall–Kier alpha value is -2.96. The Balaban J connectivity index is 2.18. The lowest BCUT2D eigenvalue weighted by atomic mass is 10.2. The number of benzene rings is 1. The number of amides is 1. The van der Waals surface area contributed by atoms with Crippen molar-refractivity contribution < 1.29 is 9.72 Å². The zero-order valence-electron chi connectivity index (χ0n) is 10.7. The van der Waals surface area contributed by atoms with Crippen molar-refractivity contribution in [2.75, 3.05) is 10.6 Å². The minimum Gasteiger partial charge on any atom is -0.334 e. The zero-order valence-corrected chi connectivity index (χ0v) is 10.7. The highest BCUT2D eigenvalue weighted by atomic mass is 16.6. The molecule has 0 aliphatic rings. The highest BCUT2D eigenvalue weighted by Gasteiger charge is 2.13. The molecule has 1 aromatic heterocycles. The summed E-state index contributed by atoms with van der Waals surface area (Å²) in [6.45, 7) is 1.42. The van der Waals surface area contributed by atoms with E-state index in [1.807, 2.05) is 0 Å². The number of aromatic nitrogens is 1. The van der Waals surface area contributed by atoms with Gasteiger partial charge in [0, 0.05) is 30.6 Å².